The Labute approximate surface area is 163 Å². The van der Waals surface area contributed by atoms with Crippen LogP contribution in [-0.2, 0) is 6.54 Å². The second-order valence-corrected chi connectivity index (χ2v) is 7.32. The van der Waals surface area contributed by atoms with E-state index in [0.717, 1.165) is 4.88 Å². The average molecular weight is 405 g/mol. The maximum Gasteiger partial charge on any atom is 0.274 e. The van der Waals surface area contributed by atoms with E-state index in [9.17, 15) is 13.6 Å². The quantitative estimate of drug-likeness (QED) is 0.677. The van der Waals surface area contributed by atoms with Gasteiger partial charge in [0.25, 0.3) is 11.8 Å². The van der Waals surface area contributed by atoms with Gasteiger partial charge in [0.05, 0.1) is 18.0 Å². The number of carbonyl (C=O) groups is 1. The highest BCUT2D eigenvalue weighted by molar-refractivity contribution is 7.13. The van der Waals surface area contributed by atoms with Crippen molar-refractivity contribution in [2.24, 2.45) is 0 Å². The molecule has 1 saturated heterocycles. The number of thiophene rings is 1. The summed E-state index contributed by atoms with van der Waals surface area (Å²) in [5.41, 5.74) is 0.00853. The Morgan fingerprint density at radius 2 is 2.21 bits per heavy atom. The van der Waals surface area contributed by atoms with E-state index < -0.39 is 18.4 Å². The summed E-state index contributed by atoms with van der Waals surface area (Å²) < 4.78 is 27.5. The Kier molecular flexibility index (Phi) is 4.99. The number of aromatic amines is 1. The summed E-state index contributed by atoms with van der Waals surface area (Å²) >= 11 is 1.52. The molecule has 3 aromatic rings. The summed E-state index contributed by atoms with van der Waals surface area (Å²) in [6, 6.07) is 3.82. The standard InChI is InChI=1S/C17H17F2N7OS/c18-17(19)4-2-7-26(10-17)15-13(20-5-6-21-15)16(27)22-9-12-23-14(25-24-12)11-3-1-8-28-11/h1,3,5-6,8H,2,4,7,9-10H2,(H,22,27)(H,23,24,25). The smallest absolute Gasteiger partial charge is 0.274 e. The molecule has 1 aliphatic rings. The topological polar surface area (TPSA) is 99.7 Å². The molecule has 0 bridgehead atoms. The Morgan fingerprint density at radius 3 is 3.00 bits per heavy atom. The zero-order chi connectivity index (χ0) is 19.6. The fourth-order valence-electron chi connectivity index (χ4n) is 3.01. The largest absolute Gasteiger partial charge is 0.349 e. The van der Waals surface area contributed by atoms with E-state index in [1.54, 1.807) is 0 Å². The van der Waals surface area contributed by atoms with E-state index >= 15 is 0 Å². The lowest BCUT2D eigenvalue weighted by Gasteiger charge is -2.33. The number of halogens is 2. The molecule has 0 aromatic carbocycles. The lowest BCUT2D eigenvalue weighted by Crippen LogP contribution is -2.44. The Balaban J connectivity index is 1.45. The number of anilines is 1. The highest BCUT2D eigenvalue weighted by atomic mass is 32.1. The number of hydrogen-bond acceptors (Lipinski definition) is 7. The van der Waals surface area contributed by atoms with Crippen molar-refractivity contribution >= 4 is 23.1 Å². The van der Waals surface area contributed by atoms with Crippen molar-refractivity contribution in [2.45, 2.75) is 25.3 Å². The van der Waals surface area contributed by atoms with Gasteiger partial charge in [0.2, 0.25) is 0 Å². The van der Waals surface area contributed by atoms with Crippen LogP contribution in [-0.4, -0.2) is 50.1 Å². The van der Waals surface area contributed by atoms with Gasteiger partial charge in [0.15, 0.2) is 23.2 Å². The summed E-state index contributed by atoms with van der Waals surface area (Å²) in [4.78, 5) is 27.4. The molecule has 11 heteroatoms. The van der Waals surface area contributed by atoms with Crippen LogP contribution in [0.5, 0.6) is 0 Å². The molecule has 0 spiro atoms. The zero-order valence-corrected chi connectivity index (χ0v) is 15.5. The number of rotatable bonds is 5. The third kappa shape index (κ3) is 3.98. The van der Waals surface area contributed by atoms with Crippen molar-refractivity contribution in [1.29, 1.82) is 0 Å². The maximum absolute atomic E-state index is 13.8. The van der Waals surface area contributed by atoms with Crippen molar-refractivity contribution in [3.63, 3.8) is 0 Å². The summed E-state index contributed by atoms with van der Waals surface area (Å²) in [6.07, 6.45) is 2.92. The number of alkyl halides is 2. The highest BCUT2D eigenvalue weighted by Crippen LogP contribution is 2.30. The molecular formula is C17H17F2N7OS. The van der Waals surface area contributed by atoms with Gasteiger partial charge >= 0.3 is 0 Å². The third-order valence-electron chi connectivity index (χ3n) is 4.28. The van der Waals surface area contributed by atoms with Crippen LogP contribution in [0.2, 0.25) is 0 Å². The Morgan fingerprint density at radius 1 is 1.36 bits per heavy atom. The van der Waals surface area contributed by atoms with Crippen LogP contribution in [0.15, 0.2) is 29.9 Å². The van der Waals surface area contributed by atoms with Gasteiger partial charge < -0.3 is 10.2 Å². The van der Waals surface area contributed by atoms with Crippen molar-refractivity contribution in [3.8, 4) is 10.7 Å². The Hall–Kier alpha value is -2.95. The molecule has 0 saturated carbocycles. The molecule has 4 rings (SSSR count). The first-order valence-corrected chi connectivity index (χ1v) is 9.57. The molecule has 0 unspecified atom stereocenters. The first kappa shape index (κ1) is 18.4. The van der Waals surface area contributed by atoms with Gasteiger partial charge in [0.1, 0.15) is 0 Å². The number of carbonyl (C=O) groups excluding carboxylic acids is 1. The summed E-state index contributed by atoms with van der Waals surface area (Å²) in [5.74, 6) is -2.13. The molecule has 0 atom stereocenters. The van der Waals surface area contributed by atoms with Crippen molar-refractivity contribution in [2.75, 3.05) is 18.0 Å². The van der Waals surface area contributed by atoms with Crippen LogP contribution in [0.25, 0.3) is 10.7 Å². The zero-order valence-electron chi connectivity index (χ0n) is 14.7. The molecule has 28 heavy (non-hydrogen) atoms. The number of nitrogens with one attached hydrogen (secondary N) is 2. The van der Waals surface area contributed by atoms with Crippen LogP contribution in [0.4, 0.5) is 14.6 Å². The first-order chi connectivity index (χ1) is 13.5. The van der Waals surface area contributed by atoms with Gasteiger partial charge in [-0.3, -0.25) is 9.89 Å². The Bertz CT molecular complexity index is 960. The molecule has 146 valence electrons. The molecule has 1 fully saturated rings. The molecule has 0 radical (unpaired) electrons. The van der Waals surface area contributed by atoms with Crippen molar-refractivity contribution < 1.29 is 13.6 Å². The molecule has 8 nitrogen and oxygen atoms in total. The van der Waals surface area contributed by atoms with E-state index in [1.165, 1.54) is 28.6 Å². The fraction of sp³-hybridized carbons (Fsp3) is 0.353. The maximum atomic E-state index is 13.8. The lowest BCUT2D eigenvalue weighted by atomic mass is 10.1. The van der Waals surface area contributed by atoms with Crippen LogP contribution < -0.4 is 10.2 Å². The summed E-state index contributed by atoms with van der Waals surface area (Å²) in [7, 11) is 0. The molecule has 4 heterocycles. The molecule has 0 aliphatic carbocycles. The fourth-order valence-corrected chi connectivity index (χ4v) is 3.67. The minimum Gasteiger partial charge on any atom is -0.349 e. The van der Waals surface area contributed by atoms with E-state index in [0.29, 0.717) is 24.6 Å². The van der Waals surface area contributed by atoms with Gasteiger partial charge in [-0.15, -0.1) is 11.3 Å². The van der Waals surface area contributed by atoms with E-state index in [-0.39, 0.29) is 24.5 Å². The average Bonchev–Trinajstić information content (AvgIpc) is 3.37. The minimum atomic E-state index is -2.80. The van der Waals surface area contributed by atoms with Gasteiger partial charge in [-0.25, -0.2) is 23.7 Å². The second-order valence-electron chi connectivity index (χ2n) is 6.37. The molecule has 2 N–H and O–H groups in total. The number of amides is 1. The SMILES string of the molecule is O=C(NCc1n[nH]c(-c2cccs2)n1)c1nccnc1N1CCCC(F)(F)C1. The monoisotopic (exact) mass is 405 g/mol. The van der Waals surface area contributed by atoms with E-state index in [2.05, 4.69) is 30.5 Å². The normalized spacial score (nSPS) is 16.1. The van der Waals surface area contributed by atoms with Crippen LogP contribution >= 0.6 is 11.3 Å². The van der Waals surface area contributed by atoms with Crippen molar-refractivity contribution in [3.05, 3.63) is 41.4 Å². The summed E-state index contributed by atoms with van der Waals surface area (Å²) in [5, 5.41) is 11.5. The highest BCUT2D eigenvalue weighted by Gasteiger charge is 2.37. The number of aromatic nitrogens is 5. The predicted molar refractivity (Wildman–Crippen MR) is 99.3 cm³/mol. The van der Waals surface area contributed by atoms with Crippen LogP contribution in [0.3, 0.4) is 0 Å². The number of H-pyrrole nitrogens is 1. The first-order valence-electron chi connectivity index (χ1n) is 8.69. The number of piperidine rings is 1. The van der Waals surface area contributed by atoms with E-state index in [1.807, 2.05) is 17.5 Å². The lowest BCUT2D eigenvalue weighted by molar-refractivity contribution is -0.0119. The summed E-state index contributed by atoms with van der Waals surface area (Å²) in [6.45, 7) is 0.00358. The molecule has 1 amide bonds. The van der Waals surface area contributed by atoms with E-state index in [4.69, 9.17) is 0 Å². The molecule has 3 aromatic heterocycles. The van der Waals surface area contributed by atoms with Gasteiger partial charge in [-0.05, 0) is 17.9 Å². The van der Waals surface area contributed by atoms with Crippen molar-refractivity contribution in [1.82, 2.24) is 30.5 Å². The van der Waals surface area contributed by atoms with Gasteiger partial charge in [-0.1, -0.05) is 6.07 Å². The van der Waals surface area contributed by atoms with Crippen LogP contribution in [0, 0.1) is 0 Å². The molecular weight excluding hydrogens is 388 g/mol. The predicted octanol–water partition coefficient (Wildman–Crippen LogP) is 2.49. The minimum absolute atomic E-state index is 0.00853. The van der Waals surface area contributed by atoms with Gasteiger partial charge in [0, 0.05) is 25.4 Å². The third-order valence-corrected chi connectivity index (χ3v) is 5.16. The van der Waals surface area contributed by atoms with Gasteiger partial charge in [-0.2, -0.15) is 5.10 Å². The number of nitrogens with zero attached hydrogens (tertiary/aromatic N) is 5. The number of hydrogen-bond donors (Lipinski definition) is 2. The van der Waals surface area contributed by atoms with Crippen LogP contribution in [0.1, 0.15) is 29.2 Å². The second kappa shape index (κ2) is 7.58. The molecule has 1 aliphatic heterocycles.